The lowest BCUT2D eigenvalue weighted by molar-refractivity contribution is -0.109. The molecule has 0 aliphatic heterocycles. The molecule has 1 rings (SSSR count). The van der Waals surface area contributed by atoms with Crippen LogP contribution < -0.4 is 0 Å². The van der Waals surface area contributed by atoms with E-state index in [1.165, 1.54) is 19.1 Å². The van der Waals surface area contributed by atoms with Gasteiger partial charge in [0.15, 0.2) is 15.0 Å². The van der Waals surface area contributed by atoms with E-state index in [9.17, 15) is 13.2 Å². The van der Waals surface area contributed by atoms with Crippen LogP contribution in [0, 0.1) is 11.8 Å². The lowest BCUT2D eigenvalue weighted by atomic mass is 10.2. The first-order chi connectivity index (χ1) is 7.89. The molecule has 0 saturated carbocycles. The fourth-order valence-corrected chi connectivity index (χ4v) is 2.09. The Kier molecular flexibility index (Phi) is 4.79. The van der Waals surface area contributed by atoms with E-state index >= 15 is 0 Å². The molecule has 0 saturated heterocycles. The minimum atomic E-state index is -3.20. The van der Waals surface area contributed by atoms with Gasteiger partial charge in [0.05, 0.1) is 10.6 Å². The lowest BCUT2D eigenvalue weighted by Gasteiger charge is -1.97. The van der Waals surface area contributed by atoms with Crippen molar-refractivity contribution in [2.75, 3.05) is 12.0 Å². The highest BCUT2D eigenvalue weighted by Crippen LogP contribution is 2.10. The zero-order valence-corrected chi connectivity index (χ0v) is 11.2. The Bertz CT molecular complexity index is 577. The van der Waals surface area contributed by atoms with Crippen LogP contribution in [0.25, 0.3) is 0 Å². The van der Waals surface area contributed by atoms with E-state index in [1.54, 1.807) is 12.1 Å². The van der Waals surface area contributed by atoms with E-state index in [-0.39, 0.29) is 10.0 Å². The van der Waals surface area contributed by atoms with E-state index < -0.39 is 9.84 Å². The standard InChI is InChI=1S/C12H12O3S2/c1-10(13)16-8-4-6-11-5-3-7-12(9-11)17(2,14)15/h3,5,7,9H,8H2,1-2H3. The van der Waals surface area contributed by atoms with Crippen LogP contribution in [0.3, 0.4) is 0 Å². The Morgan fingerprint density at radius 1 is 1.41 bits per heavy atom. The third-order valence-electron chi connectivity index (χ3n) is 1.84. The molecule has 0 heterocycles. The first-order valence-electron chi connectivity index (χ1n) is 4.82. The number of sulfone groups is 1. The average Bonchev–Trinajstić information content (AvgIpc) is 2.23. The fraction of sp³-hybridized carbons (Fsp3) is 0.250. The van der Waals surface area contributed by atoms with Gasteiger partial charge in [0.1, 0.15) is 0 Å². The van der Waals surface area contributed by atoms with Gasteiger partial charge in [-0.3, -0.25) is 4.79 Å². The predicted octanol–water partition coefficient (Wildman–Crippen LogP) is 1.72. The highest BCUT2D eigenvalue weighted by atomic mass is 32.2. The molecule has 1 aromatic carbocycles. The van der Waals surface area contributed by atoms with Crippen LogP contribution in [0.15, 0.2) is 29.2 Å². The second-order valence-electron chi connectivity index (χ2n) is 3.38. The number of benzene rings is 1. The maximum absolute atomic E-state index is 11.3. The summed E-state index contributed by atoms with van der Waals surface area (Å²) >= 11 is 1.13. The van der Waals surface area contributed by atoms with Crippen molar-refractivity contribution in [2.45, 2.75) is 11.8 Å². The Morgan fingerprint density at radius 2 is 2.12 bits per heavy atom. The van der Waals surface area contributed by atoms with Crippen LogP contribution in [-0.4, -0.2) is 25.5 Å². The summed E-state index contributed by atoms with van der Waals surface area (Å²) in [5.41, 5.74) is 0.636. The van der Waals surface area contributed by atoms with Crippen molar-refractivity contribution < 1.29 is 13.2 Å². The van der Waals surface area contributed by atoms with E-state index in [1.807, 2.05) is 0 Å². The predicted molar refractivity (Wildman–Crippen MR) is 69.6 cm³/mol. The first kappa shape index (κ1) is 13.8. The minimum Gasteiger partial charge on any atom is -0.288 e. The number of hydrogen-bond donors (Lipinski definition) is 0. The molecular weight excluding hydrogens is 256 g/mol. The van der Waals surface area contributed by atoms with E-state index in [2.05, 4.69) is 11.8 Å². The van der Waals surface area contributed by atoms with Crippen molar-refractivity contribution >= 4 is 26.7 Å². The maximum atomic E-state index is 11.3. The second-order valence-corrected chi connectivity index (χ2v) is 6.55. The van der Waals surface area contributed by atoms with Gasteiger partial charge in [-0.25, -0.2) is 8.42 Å². The summed E-state index contributed by atoms with van der Waals surface area (Å²) in [4.78, 5) is 10.9. The van der Waals surface area contributed by atoms with Gasteiger partial charge in [0, 0.05) is 18.7 Å². The summed E-state index contributed by atoms with van der Waals surface area (Å²) in [7, 11) is -3.20. The molecule has 0 radical (unpaired) electrons. The smallest absolute Gasteiger partial charge is 0.186 e. The van der Waals surface area contributed by atoms with Crippen molar-refractivity contribution in [1.29, 1.82) is 0 Å². The molecule has 0 atom stereocenters. The number of thioether (sulfide) groups is 1. The van der Waals surface area contributed by atoms with E-state index in [4.69, 9.17) is 0 Å². The summed E-state index contributed by atoms with van der Waals surface area (Å²) in [6, 6.07) is 6.45. The van der Waals surface area contributed by atoms with Gasteiger partial charge in [-0.15, -0.1) is 0 Å². The van der Waals surface area contributed by atoms with Gasteiger partial charge in [-0.05, 0) is 18.2 Å². The molecule has 3 nitrogen and oxygen atoms in total. The van der Waals surface area contributed by atoms with Crippen LogP contribution in [0.2, 0.25) is 0 Å². The van der Waals surface area contributed by atoms with Gasteiger partial charge in [-0.1, -0.05) is 29.7 Å². The quantitative estimate of drug-likeness (QED) is 0.766. The van der Waals surface area contributed by atoms with Crippen LogP contribution >= 0.6 is 11.8 Å². The average molecular weight is 268 g/mol. The molecule has 0 aliphatic rings. The van der Waals surface area contributed by atoms with Crippen LogP contribution in [0.5, 0.6) is 0 Å². The molecule has 0 unspecified atom stereocenters. The first-order valence-corrected chi connectivity index (χ1v) is 7.69. The van der Waals surface area contributed by atoms with Crippen molar-refractivity contribution in [3.05, 3.63) is 29.8 Å². The Morgan fingerprint density at radius 3 is 2.71 bits per heavy atom. The van der Waals surface area contributed by atoms with Crippen LogP contribution in [-0.2, 0) is 14.6 Å². The summed E-state index contributed by atoms with van der Waals surface area (Å²) < 4.78 is 22.6. The number of carbonyl (C=O) groups excluding carboxylic acids is 1. The molecule has 5 heteroatoms. The highest BCUT2D eigenvalue weighted by molar-refractivity contribution is 8.13. The van der Waals surface area contributed by atoms with Crippen molar-refractivity contribution in [3.63, 3.8) is 0 Å². The summed E-state index contributed by atoms with van der Waals surface area (Å²) in [5, 5.41) is 0.0178. The summed E-state index contributed by atoms with van der Waals surface area (Å²) in [6.07, 6.45) is 1.16. The molecule has 1 aromatic rings. The van der Waals surface area contributed by atoms with Crippen molar-refractivity contribution in [2.24, 2.45) is 0 Å². The monoisotopic (exact) mass is 268 g/mol. The zero-order valence-electron chi connectivity index (χ0n) is 9.56. The van der Waals surface area contributed by atoms with E-state index in [0.717, 1.165) is 18.0 Å². The molecule has 0 fully saturated rings. The number of rotatable bonds is 2. The molecule has 0 aromatic heterocycles. The summed E-state index contributed by atoms with van der Waals surface area (Å²) in [6.45, 7) is 1.48. The largest absolute Gasteiger partial charge is 0.288 e. The lowest BCUT2D eigenvalue weighted by Crippen LogP contribution is -1.96. The maximum Gasteiger partial charge on any atom is 0.186 e. The molecular formula is C12H12O3S2. The van der Waals surface area contributed by atoms with E-state index in [0.29, 0.717) is 11.3 Å². The zero-order chi connectivity index (χ0) is 12.9. The highest BCUT2D eigenvalue weighted by Gasteiger charge is 2.05. The van der Waals surface area contributed by atoms with Gasteiger partial charge in [0.2, 0.25) is 0 Å². The molecule has 0 N–H and O–H groups in total. The van der Waals surface area contributed by atoms with Crippen molar-refractivity contribution in [1.82, 2.24) is 0 Å². The minimum absolute atomic E-state index is 0.0178. The molecule has 0 aliphatic carbocycles. The Labute approximate surface area is 106 Å². The Hall–Kier alpha value is -1.25. The van der Waals surface area contributed by atoms with Crippen LogP contribution in [0.1, 0.15) is 12.5 Å². The van der Waals surface area contributed by atoms with Gasteiger partial charge in [0.25, 0.3) is 0 Å². The third-order valence-corrected chi connectivity index (χ3v) is 3.65. The molecule has 17 heavy (non-hydrogen) atoms. The molecule has 0 bridgehead atoms. The topological polar surface area (TPSA) is 51.2 Å². The molecule has 0 amide bonds. The molecule has 90 valence electrons. The van der Waals surface area contributed by atoms with Crippen LogP contribution in [0.4, 0.5) is 0 Å². The Balaban J connectivity index is 2.83. The SMILES string of the molecule is CC(=O)SCC#Cc1cccc(S(C)(=O)=O)c1. The number of carbonyl (C=O) groups is 1. The third kappa shape index (κ3) is 5.07. The molecule has 0 spiro atoms. The summed E-state index contributed by atoms with van der Waals surface area (Å²) in [5.74, 6) is 6.05. The normalized spacial score (nSPS) is 10.5. The second kappa shape index (κ2) is 5.89. The van der Waals surface area contributed by atoms with Gasteiger partial charge < -0.3 is 0 Å². The van der Waals surface area contributed by atoms with Gasteiger partial charge >= 0.3 is 0 Å². The fourth-order valence-electron chi connectivity index (χ4n) is 1.08. The van der Waals surface area contributed by atoms with Crippen molar-refractivity contribution in [3.8, 4) is 11.8 Å². The van der Waals surface area contributed by atoms with Gasteiger partial charge in [-0.2, -0.15) is 0 Å². The number of hydrogen-bond acceptors (Lipinski definition) is 4.